The predicted molar refractivity (Wildman–Crippen MR) is 46.5 cm³/mol. The molecule has 0 aliphatic rings. The molecule has 17 heavy (non-hydrogen) atoms. The van der Waals surface area contributed by atoms with Crippen molar-refractivity contribution in [3.8, 4) is 0 Å². The number of hydrogen-bond acceptors (Lipinski definition) is 2. The molecule has 0 aromatic carbocycles. The molecule has 0 aliphatic carbocycles. The summed E-state index contributed by atoms with van der Waals surface area (Å²) in [6.07, 6.45) is -13.0. The minimum atomic E-state index is -5.99. The number of carbonyl (C=O) groups is 1. The van der Waals surface area contributed by atoms with E-state index in [0.29, 0.717) is 0 Å². The van der Waals surface area contributed by atoms with Crippen molar-refractivity contribution in [2.45, 2.75) is 43.6 Å². The summed E-state index contributed by atoms with van der Waals surface area (Å²) in [7, 11) is 0. The van der Waals surface area contributed by atoms with Gasteiger partial charge in [-0.15, -0.1) is 0 Å². The van der Waals surface area contributed by atoms with Gasteiger partial charge in [0.1, 0.15) is 0 Å². The van der Waals surface area contributed by atoms with Crippen LogP contribution in [0.25, 0.3) is 0 Å². The molecule has 0 fully saturated rings. The average molecular weight is 287 g/mol. The second kappa shape index (κ2) is 4.91. The Labute approximate surface area is 97.9 Å². The highest BCUT2D eigenvalue weighted by Gasteiger charge is 2.76. The van der Waals surface area contributed by atoms with Crippen molar-refractivity contribution in [1.82, 2.24) is 0 Å². The molecule has 0 N–H and O–H groups in total. The number of hydrogen-bond donors (Lipinski definition) is 0. The first kappa shape index (κ1) is 16.3. The standard InChI is InChI=1S/C8H9ClF6O2/c1-3-4(2)17-5(16)6(9,7(10,11)12)8(13,14)15/h4H,3H2,1-2H3/t4-/m0/s1. The molecule has 0 aromatic heterocycles. The van der Waals surface area contributed by atoms with Gasteiger partial charge in [-0.25, -0.2) is 4.79 Å². The first-order valence-corrected chi connectivity index (χ1v) is 4.79. The third-order valence-electron chi connectivity index (χ3n) is 1.95. The fourth-order valence-corrected chi connectivity index (χ4v) is 0.784. The molecule has 0 saturated heterocycles. The van der Waals surface area contributed by atoms with E-state index in [1.807, 2.05) is 0 Å². The molecular weight excluding hydrogens is 278 g/mol. The van der Waals surface area contributed by atoms with Crippen LogP contribution in [0.1, 0.15) is 20.3 Å². The molecule has 0 rings (SSSR count). The van der Waals surface area contributed by atoms with Gasteiger partial charge in [-0.3, -0.25) is 0 Å². The third kappa shape index (κ3) is 3.17. The van der Waals surface area contributed by atoms with Gasteiger partial charge >= 0.3 is 23.2 Å². The van der Waals surface area contributed by atoms with Crippen LogP contribution in [0.3, 0.4) is 0 Å². The van der Waals surface area contributed by atoms with Crippen molar-refractivity contribution < 1.29 is 35.9 Å². The van der Waals surface area contributed by atoms with E-state index in [0.717, 1.165) is 6.92 Å². The molecule has 0 aliphatic heterocycles. The first-order chi connectivity index (χ1) is 7.38. The molecule has 0 amide bonds. The zero-order valence-electron chi connectivity index (χ0n) is 8.75. The van der Waals surface area contributed by atoms with E-state index < -0.39 is 29.3 Å². The molecule has 0 spiro atoms. The van der Waals surface area contributed by atoms with Gasteiger partial charge < -0.3 is 4.74 Å². The monoisotopic (exact) mass is 286 g/mol. The Morgan fingerprint density at radius 3 is 1.76 bits per heavy atom. The largest absolute Gasteiger partial charge is 0.461 e. The molecule has 0 radical (unpaired) electrons. The Hall–Kier alpha value is -0.660. The summed E-state index contributed by atoms with van der Waals surface area (Å²) in [4.78, 5) is 5.91. The number of rotatable bonds is 3. The number of carbonyl (C=O) groups excluding carboxylic acids is 1. The smallest absolute Gasteiger partial charge is 0.427 e. The fraction of sp³-hybridized carbons (Fsp3) is 0.875. The van der Waals surface area contributed by atoms with Crippen LogP contribution in [-0.2, 0) is 9.53 Å². The summed E-state index contributed by atoms with van der Waals surface area (Å²) in [6.45, 7) is 2.58. The highest BCUT2D eigenvalue weighted by Crippen LogP contribution is 2.48. The zero-order valence-corrected chi connectivity index (χ0v) is 9.50. The van der Waals surface area contributed by atoms with Crippen LogP contribution in [0.15, 0.2) is 0 Å². The lowest BCUT2D eigenvalue weighted by atomic mass is 10.1. The highest BCUT2D eigenvalue weighted by atomic mass is 35.5. The molecule has 2 nitrogen and oxygen atoms in total. The molecule has 1 atom stereocenters. The van der Waals surface area contributed by atoms with Crippen LogP contribution in [0.4, 0.5) is 26.3 Å². The second-order valence-electron chi connectivity index (χ2n) is 3.28. The van der Waals surface area contributed by atoms with Gasteiger partial charge in [0.2, 0.25) is 0 Å². The minimum absolute atomic E-state index is 0.0639. The van der Waals surface area contributed by atoms with Gasteiger partial charge in [0, 0.05) is 0 Å². The maximum atomic E-state index is 12.3. The van der Waals surface area contributed by atoms with Crippen LogP contribution in [-0.4, -0.2) is 29.3 Å². The molecular formula is C8H9ClF6O2. The Balaban J connectivity index is 5.30. The van der Waals surface area contributed by atoms with Gasteiger partial charge in [0.15, 0.2) is 0 Å². The maximum Gasteiger partial charge on any atom is 0.427 e. The lowest BCUT2D eigenvalue weighted by Crippen LogP contribution is -2.59. The molecule has 0 aromatic rings. The molecule has 0 saturated carbocycles. The molecule has 0 heterocycles. The van der Waals surface area contributed by atoms with Crippen molar-refractivity contribution in [2.24, 2.45) is 0 Å². The maximum absolute atomic E-state index is 12.3. The van der Waals surface area contributed by atoms with Gasteiger partial charge in [0.25, 0.3) is 0 Å². The Morgan fingerprint density at radius 1 is 1.18 bits per heavy atom. The third-order valence-corrected chi connectivity index (χ3v) is 2.53. The summed E-state index contributed by atoms with van der Waals surface area (Å²) >= 11 is 4.42. The van der Waals surface area contributed by atoms with Crippen molar-refractivity contribution in [1.29, 1.82) is 0 Å². The number of alkyl halides is 7. The van der Waals surface area contributed by atoms with E-state index in [1.54, 1.807) is 0 Å². The van der Waals surface area contributed by atoms with E-state index in [2.05, 4.69) is 16.3 Å². The van der Waals surface area contributed by atoms with Crippen LogP contribution < -0.4 is 0 Å². The molecule has 0 unspecified atom stereocenters. The van der Waals surface area contributed by atoms with Gasteiger partial charge in [-0.2, -0.15) is 26.3 Å². The zero-order chi connectivity index (χ0) is 14.1. The van der Waals surface area contributed by atoms with E-state index in [1.165, 1.54) is 6.92 Å². The lowest BCUT2D eigenvalue weighted by Gasteiger charge is -2.30. The lowest BCUT2D eigenvalue weighted by molar-refractivity contribution is -0.269. The summed E-state index contributed by atoms with van der Waals surface area (Å²) in [5.41, 5.74) is 0. The van der Waals surface area contributed by atoms with Crippen molar-refractivity contribution in [3.05, 3.63) is 0 Å². The van der Waals surface area contributed by atoms with E-state index in [4.69, 9.17) is 0 Å². The van der Waals surface area contributed by atoms with E-state index in [9.17, 15) is 31.1 Å². The van der Waals surface area contributed by atoms with E-state index in [-0.39, 0.29) is 6.42 Å². The number of esters is 1. The average Bonchev–Trinajstić information content (AvgIpc) is 2.12. The van der Waals surface area contributed by atoms with Crippen molar-refractivity contribution in [2.75, 3.05) is 0 Å². The molecule has 9 heteroatoms. The second-order valence-corrected chi connectivity index (χ2v) is 3.85. The summed E-state index contributed by atoms with van der Waals surface area (Å²) in [6, 6.07) is 0. The van der Waals surface area contributed by atoms with Gasteiger partial charge in [0.05, 0.1) is 6.10 Å². The van der Waals surface area contributed by atoms with Crippen LogP contribution in [0.5, 0.6) is 0 Å². The fourth-order valence-electron chi connectivity index (χ4n) is 0.739. The molecule has 102 valence electrons. The van der Waals surface area contributed by atoms with E-state index >= 15 is 0 Å². The van der Waals surface area contributed by atoms with Gasteiger partial charge in [-0.1, -0.05) is 18.5 Å². The number of ether oxygens (including phenoxy) is 1. The quantitative estimate of drug-likeness (QED) is 0.451. The summed E-state index contributed by atoms with van der Waals surface area (Å²) in [5, 5.41) is 0. The van der Waals surface area contributed by atoms with Crippen LogP contribution in [0.2, 0.25) is 0 Å². The summed E-state index contributed by atoms with van der Waals surface area (Å²) in [5.74, 6) is -2.56. The van der Waals surface area contributed by atoms with Crippen molar-refractivity contribution >= 4 is 17.6 Å². The SMILES string of the molecule is CC[C@H](C)OC(=O)C(Cl)(C(F)(F)F)C(F)(F)F. The predicted octanol–water partition coefficient (Wildman–Crippen LogP) is 3.43. The first-order valence-electron chi connectivity index (χ1n) is 4.41. The Kier molecular flexibility index (Phi) is 4.72. The highest BCUT2D eigenvalue weighted by molar-refractivity contribution is 6.35. The number of halogens is 7. The Morgan fingerprint density at radius 2 is 1.53 bits per heavy atom. The van der Waals surface area contributed by atoms with Crippen LogP contribution >= 0.6 is 11.6 Å². The summed E-state index contributed by atoms with van der Waals surface area (Å²) < 4.78 is 77.5. The topological polar surface area (TPSA) is 26.3 Å². The van der Waals surface area contributed by atoms with Crippen molar-refractivity contribution in [3.63, 3.8) is 0 Å². The Bertz CT molecular complexity index is 271. The molecule has 0 bridgehead atoms. The van der Waals surface area contributed by atoms with Crippen LogP contribution in [0, 0.1) is 0 Å². The van der Waals surface area contributed by atoms with Gasteiger partial charge in [-0.05, 0) is 13.3 Å². The normalized spacial score (nSPS) is 15.6. The minimum Gasteiger partial charge on any atom is -0.461 e.